The van der Waals surface area contributed by atoms with Crippen LogP contribution >= 0.6 is 23.2 Å². The zero-order valence-electron chi connectivity index (χ0n) is 70.3. The molecule has 8 aliphatic heterocycles. The molecule has 38 nitrogen and oxygen atoms in total. The largest absolute Gasteiger partial charge is 0.508 e. The number of ether oxygens (including phenoxy) is 7. The van der Waals surface area contributed by atoms with Gasteiger partial charge in [-0.25, -0.2) is 4.79 Å². The van der Waals surface area contributed by atoms with Crippen LogP contribution in [0.5, 0.6) is 69.0 Å². The Kier molecular flexibility index (Phi) is 30.6. The van der Waals surface area contributed by atoms with E-state index in [-0.39, 0.29) is 47.8 Å². The minimum Gasteiger partial charge on any atom is -0.508 e. The van der Waals surface area contributed by atoms with Gasteiger partial charge in [-0.3, -0.25) is 38.4 Å². The lowest BCUT2D eigenvalue weighted by Gasteiger charge is -2.41. The topological polar surface area (TPSA) is 573 Å². The van der Waals surface area contributed by atoms with Crippen LogP contribution < -0.4 is 71.5 Å². The number of rotatable bonds is 24. The van der Waals surface area contributed by atoms with Gasteiger partial charge in [-0.15, -0.1) is 0 Å². The molecule has 2 fully saturated rings. The molecular formula is C89H102Cl2N10O28. The Morgan fingerprint density at radius 3 is 1.86 bits per heavy atom. The first kappa shape index (κ1) is 94.7. The number of fused-ring (bicyclic) bond motifs is 14. The second-order valence-electron chi connectivity index (χ2n) is 32.6. The molecule has 0 saturated carbocycles. The summed E-state index contributed by atoms with van der Waals surface area (Å²) in [6.45, 7) is 1.48. The molecule has 17 bridgehead atoms. The maximum Gasteiger partial charge on any atom is 0.335 e. The van der Waals surface area contributed by atoms with Crippen molar-refractivity contribution in [3.05, 3.63) is 164 Å². The molecule has 129 heavy (non-hydrogen) atoms. The Morgan fingerprint density at radius 1 is 0.543 bits per heavy atom. The van der Waals surface area contributed by atoms with E-state index < -0.39 is 271 Å². The maximum atomic E-state index is 16.8. The van der Waals surface area contributed by atoms with E-state index in [4.69, 9.17) is 56.4 Å². The molecule has 7 aromatic carbocycles. The molecule has 0 spiro atoms. The molecule has 0 aliphatic carbocycles. The van der Waals surface area contributed by atoms with E-state index in [0.29, 0.717) is 24.9 Å². The van der Waals surface area contributed by atoms with E-state index in [1.165, 1.54) is 49.5 Å². The van der Waals surface area contributed by atoms with E-state index in [2.05, 4.69) is 54.8 Å². The quantitative estimate of drug-likeness (QED) is 0.0364. The average Bonchev–Trinajstić information content (AvgIpc) is 0.754. The van der Waals surface area contributed by atoms with Crippen molar-refractivity contribution in [3.63, 3.8) is 0 Å². The Morgan fingerprint density at radius 2 is 1.18 bits per heavy atom. The van der Waals surface area contributed by atoms with E-state index in [1.54, 1.807) is 19.0 Å². The number of benzene rings is 7. The first-order chi connectivity index (χ1) is 61.7. The van der Waals surface area contributed by atoms with E-state index >= 15 is 28.8 Å². The number of nitrogens with one attached hydrogen (secondary N) is 9. The van der Waals surface area contributed by atoms with Crippen molar-refractivity contribution in [1.82, 2.24) is 52.8 Å². The van der Waals surface area contributed by atoms with Gasteiger partial charge in [0.15, 0.2) is 29.1 Å². The van der Waals surface area contributed by atoms with Crippen LogP contribution in [0.2, 0.25) is 10.0 Å². The van der Waals surface area contributed by atoms with Crippen molar-refractivity contribution in [3.8, 4) is 80.1 Å². The number of aliphatic hydroxyl groups excluding tert-OH is 7. The second-order valence-corrected chi connectivity index (χ2v) is 33.4. The Labute approximate surface area is 748 Å². The second kappa shape index (κ2) is 41.7. The summed E-state index contributed by atoms with van der Waals surface area (Å²) in [4.78, 5) is 140. The van der Waals surface area contributed by atoms with Crippen LogP contribution in [0.4, 0.5) is 0 Å². The Hall–Kier alpha value is -11.9. The van der Waals surface area contributed by atoms with Crippen molar-refractivity contribution in [2.75, 3.05) is 40.8 Å². The van der Waals surface area contributed by atoms with Crippen molar-refractivity contribution in [1.29, 1.82) is 0 Å². The van der Waals surface area contributed by atoms with Gasteiger partial charge in [-0.1, -0.05) is 118 Å². The lowest BCUT2D eigenvalue weighted by molar-refractivity contribution is -0.277. The third kappa shape index (κ3) is 21.7. The van der Waals surface area contributed by atoms with Crippen LogP contribution in [-0.2, 0) is 59.0 Å². The van der Waals surface area contributed by atoms with Crippen LogP contribution in [0.15, 0.2) is 115 Å². The van der Waals surface area contributed by atoms with Crippen LogP contribution in [0.25, 0.3) is 11.1 Å². The fraction of sp³-hybridized carbons (Fsp3) is 0.427. The van der Waals surface area contributed by atoms with E-state index in [9.17, 15) is 75.7 Å². The SMILES string of the molecule is CCCCCCCCCCCCC(=O)N[C@H]1[C@H](Oc2c3cc4cc2Oc2ccc(cc2Cl)[C@@H](O)[C@@H]2NC(=O)[C@H](NC(=O)[C@@H]4NC(=O)[C@H]4NC(=O)[C@@H](Cc5ccc(cc5)O3)NC(=O)[C@H](NC)c3ccc(O)c(c3)Oc3cc(O)c(Cl)c4c3)c3ccc(O)c(c3)-c3c(O[C@H]4O[C@H](CO)[C@@H](O)[C@H](O)[C@@H]4O)cc(O)cc3[C@H](C(=O)NCCCN(C)C)NC2=O)O[C@H](C(=O)O)[C@@H](O)[C@@H]1O. The number of nitrogens with zero attached hydrogens (tertiary/aromatic N) is 1. The van der Waals surface area contributed by atoms with Gasteiger partial charge in [0.1, 0.15) is 131 Å². The molecule has 21 N–H and O–H groups in total. The molecular weight excluding hydrogens is 1730 g/mol. The lowest BCUT2D eigenvalue weighted by Crippen LogP contribution is -2.66. The molecule has 8 heterocycles. The van der Waals surface area contributed by atoms with Crippen LogP contribution in [0, 0.1) is 0 Å². The predicted molar refractivity (Wildman–Crippen MR) is 457 cm³/mol. The number of carbonyl (C=O) groups excluding carboxylic acids is 8. The molecule has 690 valence electrons. The maximum absolute atomic E-state index is 16.8. The van der Waals surface area contributed by atoms with Gasteiger partial charge in [0.2, 0.25) is 65.6 Å². The van der Waals surface area contributed by atoms with Gasteiger partial charge in [0, 0.05) is 48.2 Å². The Bertz CT molecular complexity index is 5340. The normalized spacial score (nSPS) is 25.7. The summed E-state index contributed by atoms with van der Waals surface area (Å²) < 4.78 is 44.5. The van der Waals surface area contributed by atoms with Crippen molar-refractivity contribution >= 4 is 76.4 Å². The van der Waals surface area contributed by atoms with Crippen molar-refractivity contribution in [2.24, 2.45) is 0 Å². The summed E-state index contributed by atoms with van der Waals surface area (Å²) in [5.74, 6) is -18.0. The number of carbonyl (C=O) groups is 9. The number of amides is 8. The number of halogens is 2. The highest BCUT2D eigenvalue weighted by atomic mass is 35.5. The zero-order chi connectivity index (χ0) is 92.5. The number of aliphatic carboxylic acids is 1. The number of phenols is 4. The van der Waals surface area contributed by atoms with Gasteiger partial charge in [-0.2, -0.15) is 0 Å². The predicted octanol–water partition coefficient (Wildman–Crippen LogP) is 4.70. The van der Waals surface area contributed by atoms with Crippen molar-refractivity contribution < 1.29 is 138 Å². The fourth-order valence-electron chi connectivity index (χ4n) is 16.1. The molecule has 2 saturated heterocycles. The highest BCUT2D eigenvalue weighted by molar-refractivity contribution is 6.33. The van der Waals surface area contributed by atoms with Gasteiger partial charge < -0.3 is 147 Å². The first-order valence-corrected chi connectivity index (χ1v) is 42.9. The first-order valence-electron chi connectivity index (χ1n) is 42.1. The minimum absolute atomic E-state index is 0.0939. The smallest absolute Gasteiger partial charge is 0.335 e. The molecule has 0 aromatic heterocycles. The number of aliphatic hydroxyl groups is 7. The number of carboxylic acids is 1. The van der Waals surface area contributed by atoms with E-state index in [0.717, 1.165) is 124 Å². The van der Waals surface area contributed by atoms with E-state index in [1.807, 2.05) is 0 Å². The molecule has 40 heteroatoms. The van der Waals surface area contributed by atoms with Crippen LogP contribution in [0.1, 0.15) is 159 Å². The third-order valence-corrected chi connectivity index (χ3v) is 23.8. The highest BCUT2D eigenvalue weighted by Crippen LogP contribution is 2.51. The van der Waals surface area contributed by atoms with Gasteiger partial charge in [0.05, 0.1) is 16.7 Å². The number of unbranched alkanes of at least 4 members (excludes halogenated alkanes) is 9. The molecule has 8 amide bonds. The van der Waals surface area contributed by atoms with Gasteiger partial charge in [-0.05, 0) is 147 Å². The summed E-state index contributed by atoms with van der Waals surface area (Å²) in [7, 11) is 4.96. The standard InChI is InChI=1S/C89H102Cl2N10O28/c1-5-6-7-8-9-10-11-12-13-14-16-62(107)95-71-74(110)76(112)79(87(121)122)129-88(71)128-78-59-33-44-34-60(78)125-56-26-21-43(31-51(56)90)72(108)70-86(120)99-68(81(115)93-27-15-28-101(3)4)49-35-45(103)36-58(126-89-77(113)75(111)73(109)61(39-102)127-89)63(49)48-30-41(19-24-53(48)104)66(83(117)100-70)96-84(118)67(44)97-85(119)69-50-37-47(38-55(106)64(50)91)124-57-32-42(20-25-54(57)105)65(92-2)82(116)94-52(80(114)98-69)29-40-17-22-46(123-59)23-18-40/h17-26,30-38,52,61,65-77,79,88-89,92,102-106,108-113H,5-16,27-29,39H2,1-4H3,(H,93,115)(H,94,116)(H,95,107)(H,96,118)(H,97,119)(H,98,114)(H,99,120)(H,100,117)(H,121,122)/t52-,61-,65-,66-,67-,68-,69+,70+,71-,72-,73-,74-,75+,76+,77+,79+,88-,89+/m1/s1. The zero-order valence-corrected chi connectivity index (χ0v) is 71.8. The van der Waals surface area contributed by atoms with Gasteiger partial charge in [0.25, 0.3) is 0 Å². The molecule has 18 atom stereocenters. The number of phenolic OH excluding ortho intramolecular Hbond substituents is 4. The third-order valence-electron chi connectivity index (χ3n) is 23.1. The summed E-state index contributed by atoms with van der Waals surface area (Å²) in [6.07, 6.45) is -12.3. The molecule has 0 unspecified atom stereocenters. The molecule has 15 rings (SSSR count). The lowest BCUT2D eigenvalue weighted by atomic mass is 9.89. The minimum atomic E-state index is -2.45. The summed E-state index contributed by atoms with van der Waals surface area (Å²) in [6, 6.07) is 5.71. The van der Waals surface area contributed by atoms with Crippen molar-refractivity contribution in [2.45, 2.75) is 200 Å². The average molecular weight is 1830 g/mol. The fourth-order valence-corrected chi connectivity index (χ4v) is 16.6. The monoisotopic (exact) mass is 1830 g/mol. The molecule has 8 aliphatic rings. The summed E-state index contributed by atoms with van der Waals surface area (Å²) in [5, 5.41) is 161. The van der Waals surface area contributed by atoms with Gasteiger partial charge >= 0.3 is 5.97 Å². The van der Waals surface area contributed by atoms with Crippen LogP contribution in [-0.4, -0.2) is 234 Å². The molecule has 7 aromatic rings. The number of carboxylic acid groups (broad SMARTS) is 1. The highest BCUT2D eigenvalue weighted by Gasteiger charge is 2.52. The summed E-state index contributed by atoms with van der Waals surface area (Å²) in [5.41, 5.74) is -2.67. The van der Waals surface area contributed by atoms with Crippen LogP contribution in [0.3, 0.4) is 0 Å². The number of aromatic hydroxyl groups is 4. The number of hydrogen-bond donors (Lipinski definition) is 21. The number of hydrogen-bond acceptors (Lipinski definition) is 29. The number of likely N-dealkylation sites (N-methyl/N-ethyl adjacent to an activating group) is 1. The summed E-state index contributed by atoms with van der Waals surface area (Å²) >= 11 is 14.3. The molecule has 0 radical (unpaired) electrons. The Balaban J connectivity index is 1.03.